The normalized spacial score (nSPS) is 14.8. The van der Waals surface area contributed by atoms with E-state index in [1.165, 1.54) is 18.2 Å². The van der Waals surface area contributed by atoms with Crippen LogP contribution in [0.3, 0.4) is 0 Å². The highest BCUT2D eigenvalue weighted by Crippen LogP contribution is 2.34. The molecule has 5 nitrogen and oxygen atoms in total. The number of rotatable bonds is 3. The summed E-state index contributed by atoms with van der Waals surface area (Å²) in [5.74, 6) is -3.18. The van der Waals surface area contributed by atoms with Crippen molar-refractivity contribution < 1.29 is 14.3 Å². The molecule has 1 aliphatic heterocycles. The lowest BCUT2D eigenvalue weighted by molar-refractivity contribution is -0.140. The minimum atomic E-state index is -1.60. The first kappa shape index (κ1) is 12.3. The van der Waals surface area contributed by atoms with Crippen LogP contribution >= 0.6 is 0 Å². The van der Waals surface area contributed by atoms with Crippen molar-refractivity contribution in [2.75, 3.05) is 16.0 Å². The van der Waals surface area contributed by atoms with Crippen molar-refractivity contribution in [2.24, 2.45) is 0 Å². The maximum atomic E-state index is 13.2. The lowest BCUT2D eigenvalue weighted by Crippen LogP contribution is -2.56. The highest BCUT2D eigenvalue weighted by molar-refractivity contribution is 5.95. The standard InChI is InChI=1S/C14H12FN3O2/c15-9-4-3-5-10(8-9)16-14(13(19)20)17-11-6-1-2-7-12(11)18-14/h1-8,16-18H,(H,19,20). The van der Waals surface area contributed by atoms with Crippen molar-refractivity contribution >= 4 is 23.0 Å². The van der Waals surface area contributed by atoms with Gasteiger partial charge in [-0.05, 0) is 30.3 Å². The van der Waals surface area contributed by atoms with E-state index in [4.69, 9.17) is 0 Å². The average molecular weight is 273 g/mol. The van der Waals surface area contributed by atoms with Gasteiger partial charge in [0.05, 0.1) is 11.4 Å². The van der Waals surface area contributed by atoms with E-state index >= 15 is 0 Å². The number of carboxylic acid groups (broad SMARTS) is 1. The van der Waals surface area contributed by atoms with Gasteiger partial charge in [-0.2, -0.15) is 0 Å². The third kappa shape index (κ3) is 2.01. The van der Waals surface area contributed by atoms with Crippen molar-refractivity contribution in [3.8, 4) is 0 Å². The summed E-state index contributed by atoms with van der Waals surface area (Å²) in [5.41, 5.74) is 1.69. The molecule has 6 heteroatoms. The van der Waals surface area contributed by atoms with Crippen molar-refractivity contribution in [3.63, 3.8) is 0 Å². The smallest absolute Gasteiger partial charge is 0.372 e. The quantitative estimate of drug-likeness (QED) is 0.691. The number of nitrogens with one attached hydrogen (secondary N) is 3. The minimum Gasteiger partial charge on any atom is -0.477 e. The van der Waals surface area contributed by atoms with Gasteiger partial charge in [0.1, 0.15) is 5.82 Å². The lowest BCUT2D eigenvalue weighted by Gasteiger charge is -2.28. The Labute approximate surface area is 114 Å². The molecule has 0 aliphatic carbocycles. The summed E-state index contributed by atoms with van der Waals surface area (Å²) in [7, 11) is 0. The fourth-order valence-corrected chi connectivity index (χ4v) is 2.14. The second-order valence-corrected chi connectivity index (χ2v) is 4.49. The first-order valence-electron chi connectivity index (χ1n) is 6.02. The molecule has 0 saturated heterocycles. The average Bonchev–Trinajstić information content (AvgIpc) is 2.78. The molecule has 0 fully saturated rings. The number of hydrogen-bond acceptors (Lipinski definition) is 4. The van der Waals surface area contributed by atoms with Crippen LogP contribution in [0.5, 0.6) is 0 Å². The van der Waals surface area contributed by atoms with Gasteiger partial charge in [0.15, 0.2) is 0 Å². The van der Waals surface area contributed by atoms with Crippen molar-refractivity contribution in [1.29, 1.82) is 0 Å². The number of fused-ring (bicyclic) bond motifs is 1. The molecular weight excluding hydrogens is 261 g/mol. The Morgan fingerprint density at radius 2 is 1.75 bits per heavy atom. The van der Waals surface area contributed by atoms with Crippen LogP contribution < -0.4 is 16.0 Å². The maximum Gasteiger partial charge on any atom is 0.372 e. The van der Waals surface area contributed by atoms with E-state index in [1.807, 2.05) is 0 Å². The van der Waals surface area contributed by atoms with E-state index in [1.54, 1.807) is 30.3 Å². The minimum absolute atomic E-state index is 0.361. The van der Waals surface area contributed by atoms with Gasteiger partial charge >= 0.3 is 5.97 Å². The van der Waals surface area contributed by atoms with Crippen LogP contribution in [0.4, 0.5) is 21.5 Å². The van der Waals surface area contributed by atoms with Gasteiger partial charge in [-0.15, -0.1) is 0 Å². The molecular formula is C14H12FN3O2. The summed E-state index contributed by atoms with van der Waals surface area (Å²) in [5, 5.41) is 18.0. The highest BCUT2D eigenvalue weighted by Gasteiger charge is 2.44. The molecule has 0 unspecified atom stereocenters. The summed E-state index contributed by atoms with van der Waals surface area (Å²) < 4.78 is 13.2. The Morgan fingerprint density at radius 3 is 2.30 bits per heavy atom. The van der Waals surface area contributed by atoms with E-state index in [0.717, 1.165) is 0 Å². The fraction of sp³-hybridized carbons (Fsp3) is 0.0714. The topological polar surface area (TPSA) is 73.4 Å². The third-order valence-electron chi connectivity index (χ3n) is 3.05. The summed E-state index contributed by atoms with van der Waals surface area (Å²) >= 11 is 0. The molecule has 0 aromatic heterocycles. The third-order valence-corrected chi connectivity index (χ3v) is 3.05. The molecule has 4 N–H and O–H groups in total. The van der Waals surface area contributed by atoms with Gasteiger partial charge in [-0.25, -0.2) is 9.18 Å². The first-order chi connectivity index (χ1) is 9.59. The first-order valence-corrected chi connectivity index (χ1v) is 6.02. The van der Waals surface area contributed by atoms with Crippen LogP contribution in [0.25, 0.3) is 0 Å². The molecule has 3 rings (SSSR count). The second kappa shape index (κ2) is 4.41. The predicted molar refractivity (Wildman–Crippen MR) is 74.1 cm³/mol. The summed E-state index contributed by atoms with van der Waals surface area (Å²) in [6.45, 7) is 0. The molecule has 0 saturated carbocycles. The van der Waals surface area contributed by atoms with E-state index in [2.05, 4.69) is 16.0 Å². The zero-order chi connectivity index (χ0) is 14.2. The number of anilines is 3. The molecule has 2 aromatic rings. The second-order valence-electron chi connectivity index (χ2n) is 4.49. The number of halogens is 1. The number of aliphatic carboxylic acids is 1. The number of para-hydroxylation sites is 2. The van der Waals surface area contributed by atoms with E-state index in [-0.39, 0.29) is 0 Å². The SMILES string of the molecule is O=C(O)C1(Nc2cccc(F)c2)Nc2ccccc2N1. The molecule has 0 bridgehead atoms. The Bertz CT molecular complexity index is 650. The van der Waals surface area contributed by atoms with E-state index in [9.17, 15) is 14.3 Å². The molecule has 0 amide bonds. The van der Waals surface area contributed by atoms with Crippen LogP contribution in [0.2, 0.25) is 0 Å². The van der Waals surface area contributed by atoms with Gasteiger partial charge in [0.25, 0.3) is 5.79 Å². The number of carbonyl (C=O) groups is 1. The Kier molecular flexibility index (Phi) is 2.71. The van der Waals surface area contributed by atoms with Crippen LogP contribution in [0, 0.1) is 5.82 Å². The summed E-state index contributed by atoms with van der Waals surface area (Å²) in [6.07, 6.45) is 0. The van der Waals surface area contributed by atoms with Gasteiger partial charge in [-0.3, -0.25) is 0 Å². The molecule has 20 heavy (non-hydrogen) atoms. The van der Waals surface area contributed by atoms with Crippen LogP contribution in [0.1, 0.15) is 0 Å². The van der Waals surface area contributed by atoms with E-state index < -0.39 is 17.6 Å². The molecule has 102 valence electrons. The zero-order valence-corrected chi connectivity index (χ0v) is 10.4. The number of hydrogen-bond donors (Lipinski definition) is 4. The van der Waals surface area contributed by atoms with E-state index in [0.29, 0.717) is 17.1 Å². The fourth-order valence-electron chi connectivity index (χ4n) is 2.14. The van der Waals surface area contributed by atoms with Crippen LogP contribution in [0.15, 0.2) is 48.5 Å². The molecule has 0 spiro atoms. The monoisotopic (exact) mass is 273 g/mol. The van der Waals surface area contributed by atoms with Crippen molar-refractivity contribution in [3.05, 3.63) is 54.3 Å². The lowest BCUT2D eigenvalue weighted by atomic mass is 10.2. The van der Waals surface area contributed by atoms with Crippen LogP contribution in [-0.4, -0.2) is 16.9 Å². The number of carboxylic acids is 1. The Hall–Kier alpha value is -2.76. The summed E-state index contributed by atoms with van der Waals surface area (Å²) in [4.78, 5) is 11.6. The molecule has 1 heterocycles. The number of benzene rings is 2. The van der Waals surface area contributed by atoms with Gasteiger partial charge in [-0.1, -0.05) is 18.2 Å². The zero-order valence-electron chi connectivity index (χ0n) is 10.4. The van der Waals surface area contributed by atoms with Crippen molar-refractivity contribution in [2.45, 2.75) is 5.79 Å². The maximum absolute atomic E-state index is 13.2. The molecule has 0 atom stereocenters. The molecule has 0 radical (unpaired) electrons. The highest BCUT2D eigenvalue weighted by atomic mass is 19.1. The Balaban J connectivity index is 1.94. The summed E-state index contributed by atoms with van der Waals surface area (Å²) in [6, 6.07) is 12.8. The molecule has 1 aliphatic rings. The van der Waals surface area contributed by atoms with Gasteiger partial charge in [0, 0.05) is 5.69 Å². The van der Waals surface area contributed by atoms with Crippen molar-refractivity contribution in [1.82, 2.24) is 0 Å². The Morgan fingerprint density at radius 1 is 1.10 bits per heavy atom. The van der Waals surface area contributed by atoms with Crippen LogP contribution in [-0.2, 0) is 4.79 Å². The molecule has 2 aromatic carbocycles. The predicted octanol–water partition coefficient (Wildman–Crippen LogP) is 2.51. The van der Waals surface area contributed by atoms with Gasteiger partial charge < -0.3 is 21.1 Å². The largest absolute Gasteiger partial charge is 0.477 e. The van der Waals surface area contributed by atoms with Gasteiger partial charge in [0.2, 0.25) is 0 Å².